The van der Waals surface area contributed by atoms with Crippen LogP contribution in [0.2, 0.25) is 0 Å². The number of amides is 1. The van der Waals surface area contributed by atoms with Crippen LogP contribution in [0.25, 0.3) is 10.1 Å². The third-order valence-electron chi connectivity index (χ3n) is 3.90. The number of hydrogen-bond donors (Lipinski definition) is 1. The highest BCUT2D eigenvalue weighted by Gasteiger charge is 2.34. The van der Waals surface area contributed by atoms with Crippen LogP contribution in [0.5, 0.6) is 0 Å². The van der Waals surface area contributed by atoms with Crippen LogP contribution in [-0.4, -0.2) is 43.8 Å². The Labute approximate surface area is 127 Å². The van der Waals surface area contributed by atoms with Crippen molar-refractivity contribution >= 4 is 42.9 Å². The van der Waals surface area contributed by atoms with E-state index in [9.17, 15) is 13.2 Å². The maximum Gasteiger partial charge on any atom is 0.266 e. The first-order valence-electron chi connectivity index (χ1n) is 6.63. The lowest BCUT2D eigenvalue weighted by atomic mass is 10.2. The van der Waals surface area contributed by atoms with Crippen LogP contribution < -0.4 is 5.73 Å². The molecule has 0 aliphatic carbocycles. The van der Waals surface area contributed by atoms with Gasteiger partial charge in [-0.2, -0.15) is 0 Å². The second-order valence-corrected chi connectivity index (χ2v) is 8.59. The molecule has 0 saturated carbocycles. The number of nitrogens with zero attached hydrogens (tertiary/aromatic N) is 1. The number of nitrogen functional groups attached to an aromatic ring is 1. The zero-order valence-corrected chi connectivity index (χ0v) is 13.2. The lowest BCUT2D eigenvalue weighted by Crippen LogP contribution is -2.37. The molecule has 1 aliphatic rings. The van der Waals surface area contributed by atoms with Gasteiger partial charge in [0, 0.05) is 23.2 Å². The van der Waals surface area contributed by atoms with Crippen LogP contribution in [0.4, 0.5) is 5.69 Å². The Morgan fingerprint density at radius 1 is 1.38 bits per heavy atom. The summed E-state index contributed by atoms with van der Waals surface area (Å²) in [7, 11) is -1.36. The van der Waals surface area contributed by atoms with Gasteiger partial charge in [-0.05, 0) is 12.5 Å². The number of rotatable bonds is 2. The first-order chi connectivity index (χ1) is 9.89. The summed E-state index contributed by atoms with van der Waals surface area (Å²) in [4.78, 5) is 14.6. The van der Waals surface area contributed by atoms with Crippen LogP contribution in [0.3, 0.4) is 0 Å². The first-order valence-corrected chi connectivity index (χ1v) is 9.27. The molecule has 2 N–H and O–H groups in total. The summed E-state index contributed by atoms with van der Waals surface area (Å²) in [6, 6.07) is 7.34. The van der Waals surface area contributed by atoms with Gasteiger partial charge in [-0.1, -0.05) is 18.2 Å². The summed E-state index contributed by atoms with van der Waals surface area (Å²) in [5.74, 6) is -0.00664. The average Bonchev–Trinajstić information content (AvgIpc) is 2.98. The Morgan fingerprint density at radius 2 is 2.10 bits per heavy atom. The molecule has 0 bridgehead atoms. The Morgan fingerprint density at radius 3 is 2.71 bits per heavy atom. The van der Waals surface area contributed by atoms with Gasteiger partial charge in [-0.15, -0.1) is 11.3 Å². The van der Waals surface area contributed by atoms with Crippen molar-refractivity contribution in [1.29, 1.82) is 0 Å². The molecule has 0 radical (unpaired) electrons. The van der Waals surface area contributed by atoms with E-state index in [0.717, 1.165) is 10.1 Å². The van der Waals surface area contributed by atoms with Crippen LogP contribution in [0, 0.1) is 0 Å². The van der Waals surface area contributed by atoms with Crippen LogP contribution in [0.1, 0.15) is 16.1 Å². The summed E-state index contributed by atoms with van der Waals surface area (Å²) >= 11 is 1.35. The number of hydrogen-bond acceptors (Lipinski definition) is 5. The Balaban J connectivity index is 1.92. The van der Waals surface area contributed by atoms with Gasteiger partial charge in [0.05, 0.1) is 17.2 Å². The fraction of sp³-hybridized carbons (Fsp3) is 0.357. The minimum absolute atomic E-state index is 0.0417. The highest BCUT2D eigenvalue weighted by atomic mass is 32.2. The Kier molecular flexibility index (Phi) is 3.41. The Bertz CT molecular complexity index is 811. The number of sulfone groups is 1. The monoisotopic (exact) mass is 324 g/mol. The summed E-state index contributed by atoms with van der Waals surface area (Å²) in [6.45, 7) is 0. The molecule has 5 nitrogen and oxygen atoms in total. The predicted molar refractivity (Wildman–Crippen MR) is 85.4 cm³/mol. The van der Waals surface area contributed by atoms with E-state index in [1.165, 1.54) is 16.2 Å². The molecule has 1 aromatic carbocycles. The minimum Gasteiger partial charge on any atom is -0.397 e. The maximum atomic E-state index is 12.6. The van der Waals surface area contributed by atoms with E-state index in [0.29, 0.717) is 17.0 Å². The van der Waals surface area contributed by atoms with Gasteiger partial charge >= 0.3 is 0 Å². The van der Waals surface area contributed by atoms with Crippen molar-refractivity contribution in [1.82, 2.24) is 4.90 Å². The zero-order chi connectivity index (χ0) is 15.2. The maximum absolute atomic E-state index is 12.6. The van der Waals surface area contributed by atoms with E-state index in [-0.39, 0.29) is 23.5 Å². The zero-order valence-electron chi connectivity index (χ0n) is 11.6. The molecule has 1 saturated heterocycles. The van der Waals surface area contributed by atoms with Gasteiger partial charge in [0.25, 0.3) is 5.91 Å². The van der Waals surface area contributed by atoms with E-state index >= 15 is 0 Å². The largest absolute Gasteiger partial charge is 0.397 e. The van der Waals surface area contributed by atoms with E-state index in [1.54, 1.807) is 7.05 Å². The van der Waals surface area contributed by atoms with Crippen molar-refractivity contribution in [2.75, 3.05) is 24.3 Å². The normalized spacial score (nSPS) is 20.7. The van der Waals surface area contributed by atoms with Gasteiger partial charge in [0.2, 0.25) is 0 Å². The van der Waals surface area contributed by atoms with Crippen LogP contribution in [-0.2, 0) is 9.84 Å². The van der Waals surface area contributed by atoms with Gasteiger partial charge in [-0.3, -0.25) is 4.79 Å². The molecule has 1 atom stereocenters. The molecule has 112 valence electrons. The molecule has 2 aromatic rings. The fourth-order valence-corrected chi connectivity index (χ4v) is 5.51. The molecule has 1 amide bonds. The topological polar surface area (TPSA) is 80.5 Å². The molecule has 1 unspecified atom stereocenters. The van der Waals surface area contributed by atoms with Gasteiger partial charge in [0.1, 0.15) is 4.88 Å². The van der Waals surface area contributed by atoms with E-state index < -0.39 is 9.84 Å². The van der Waals surface area contributed by atoms with E-state index in [4.69, 9.17) is 5.73 Å². The van der Waals surface area contributed by atoms with Gasteiger partial charge in [-0.25, -0.2) is 8.42 Å². The number of carbonyl (C=O) groups excluding carboxylic acids is 1. The first kappa shape index (κ1) is 14.3. The summed E-state index contributed by atoms with van der Waals surface area (Å²) in [5, 5.41) is 0.873. The second kappa shape index (κ2) is 4.99. The molecular formula is C14H16N2O3S2. The van der Waals surface area contributed by atoms with Crippen molar-refractivity contribution in [3.63, 3.8) is 0 Å². The van der Waals surface area contributed by atoms with Crippen LogP contribution in [0.15, 0.2) is 24.3 Å². The number of nitrogens with two attached hydrogens (primary N) is 1. The summed E-state index contributed by atoms with van der Waals surface area (Å²) < 4.78 is 24.1. The molecule has 1 fully saturated rings. The van der Waals surface area contributed by atoms with Crippen molar-refractivity contribution in [2.24, 2.45) is 0 Å². The molecule has 1 aliphatic heterocycles. The number of anilines is 1. The van der Waals surface area contributed by atoms with Gasteiger partial charge in [0.15, 0.2) is 9.84 Å². The number of thiophene rings is 1. The molecule has 7 heteroatoms. The third-order valence-corrected chi connectivity index (χ3v) is 6.83. The van der Waals surface area contributed by atoms with Crippen molar-refractivity contribution in [3.05, 3.63) is 29.1 Å². The average molecular weight is 324 g/mol. The second-order valence-electron chi connectivity index (χ2n) is 5.31. The lowest BCUT2D eigenvalue weighted by molar-refractivity contribution is 0.0753. The van der Waals surface area contributed by atoms with E-state index in [1.807, 2.05) is 24.3 Å². The smallest absolute Gasteiger partial charge is 0.266 e. The van der Waals surface area contributed by atoms with Crippen molar-refractivity contribution < 1.29 is 13.2 Å². The van der Waals surface area contributed by atoms with Crippen molar-refractivity contribution in [2.45, 2.75) is 12.5 Å². The molecule has 2 heterocycles. The standard InChI is InChI=1S/C14H16N2O3S2/c1-16(9-6-7-21(18,19)8-9)14(17)13-12(15)10-4-2-3-5-11(10)20-13/h2-5,9H,6-8,15H2,1H3. The highest BCUT2D eigenvalue weighted by molar-refractivity contribution is 7.91. The minimum atomic E-state index is -3.01. The molecule has 21 heavy (non-hydrogen) atoms. The number of benzene rings is 1. The molecule has 1 aromatic heterocycles. The number of carbonyl (C=O) groups is 1. The van der Waals surface area contributed by atoms with Crippen molar-refractivity contribution in [3.8, 4) is 0 Å². The summed E-state index contributed by atoms with van der Waals surface area (Å²) in [5.41, 5.74) is 6.55. The molecule has 3 rings (SSSR count). The van der Waals surface area contributed by atoms with Crippen LogP contribution >= 0.6 is 11.3 Å². The number of fused-ring (bicyclic) bond motifs is 1. The molecular weight excluding hydrogens is 308 g/mol. The van der Waals surface area contributed by atoms with Gasteiger partial charge < -0.3 is 10.6 Å². The quantitative estimate of drug-likeness (QED) is 0.912. The lowest BCUT2D eigenvalue weighted by Gasteiger charge is -2.22. The predicted octanol–water partition coefficient (Wildman–Crippen LogP) is 1.74. The molecule has 0 spiro atoms. The summed E-state index contributed by atoms with van der Waals surface area (Å²) in [6.07, 6.45) is 0.495. The highest BCUT2D eigenvalue weighted by Crippen LogP contribution is 2.34. The fourth-order valence-electron chi connectivity index (χ4n) is 2.63. The SMILES string of the molecule is CN(C(=O)c1sc2ccccc2c1N)C1CCS(=O)(=O)C1. The third kappa shape index (κ3) is 2.51. The van der Waals surface area contributed by atoms with E-state index in [2.05, 4.69) is 0 Å². The Hall–Kier alpha value is -1.60.